The molecule has 0 spiro atoms. The summed E-state index contributed by atoms with van der Waals surface area (Å²) in [5, 5.41) is 1.75. The second kappa shape index (κ2) is 3.87. The van der Waals surface area contributed by atoms with Gasteiger partial charge in [-0.3, -0.25) is 15.3 Å². The Morgan fingerprint density at radius 2 is 2.50 bits per heavy atom. The first kappa shape index (κ1) is 8.73. The molecule has 1 N–H and O–H groups in total. The van der Waals surface area contributed by atoms with E-state index in [4.69, 9.17) is 5.73 Å². The van der Waals surface area contributed by atoms with Crippen LogP contribution in [0.3, 0.4) is 0 Å². The number of amides is 1. The van der Waals surface area contributed by atoms with Crippen LogP contribution in [-0.2, 0) is 14.3 Å². The van der Waals surface area contributed by atoms with E-state index in [1.807, 2.05) is 0 Å². The number of thiophene rings is 1. The summed E-state index contributed by atoms with van der Waals surface area (Å²) in [6.45, 7) is 0.177. The molecular weight excluding hydrogens is 178 g/mol. The zero-order chi connectivity index (χ0) is 8.97. The molecule has 1 rings (SSSR count). The second-order valence-corrected chi connectivity index (χ2v) is 2.97. The monoisotopic (exact) mass is 184 g/mol. The number of hydrogen-bond donors (Lipinski definition) is 0. The molecule has 1 atom stereocenters. The van der Waals surface area contributed by atoms with Gasteiger partial charge in [-0.25, -0.2) is 0 Å². The van der Waals surface area contributed by atoms with Crippen molar-refractivity contribution in [2.24, 2.45) is 0 Å². The van der Waals surface area contributed by atoms with Gasteiger partial charge in [0.1, 0.15) is 0 Å². The molecule has 1 aromatic heterocycles. The minimum Gasteiger partial charge on any atom is -0.449 e. The Kier molecular flexibility index (Phi) is 2.82. The zero-order valence-corrected chi connectivity index (χ0v) is 6.84. The summed E-state index contributed by atoms with van der Waals surface area (Å²) in [7, 11) is 0. The van der Waals surface area contributed by atoms with Gasteiger partial charge in [0, 0.05) is 0 Å². The third-order valence-corrected chi connectivity index (χ3v) is 2.15. The Balaban J connectivity index is 2.80. The van der Waals surface area contributed by atoms with Crippen molar-refractivity contribution in [3.05, 3.63) is 22.4 Å². The van der Waals surface area contributed by atoms with Gasteiger partial charge in [0.2, 0.25) is 6.10 Å². The lowest BCUT2D eigenvalue weighted by molar-refractivity contribution is -0.143. The molecule has 12 heavy (non-hydrogen) atoms. The van der Waals surface area contributed by atoms with Crippen LogP contribution in [0.4, 0.5) is 0 Å². The van der Waals surface area contributed by atoms with Crippen molar-refractivity contribution in [3.63, 3.8) is 0 Å². The molecule has 0 saturated heterocycles. The van der Waals surface area contributed by atoms with Crippen molar-refractivity contribution < 1.29 is 14.3 Å². The third kappa shape index (κ3) is 1.82. The van der Waals surface area contributed by atoms with E-state index in [2.05, 4.69) is 4.74 Å². The molecule has 1 amide bonds. The molecule has 0 bridgehead atoms. The van der Waals surface area contributed by atoms with E-state index in [0.29, 0.717) is 4.88 Å². The number of carbonyl (C=O) groups is 2. The molecule has 63 valence electrons. The molecule has 0 aromatic carbocycles. The average Bonchev–Trinajstić information content (AvgIpc) is 2.51. The van der Waals surface area contributed by atoms with Gasteiger partial charge >= 0.3 is 0 Å². The van der Waals surface area contributed by atoms with Gasteiger partial charge in [-0.1, -0.05) is 6.07 Å². The van der Waals surface area contributed by atoms with Crippen LogP contribution in [0, 0.1) is 0 Å². The predicted molar refractivity (Wildman–Crippen MR) is 42.3 cm³/mol. The van der Waals surface area contributed by atoms with Crippen molar-refractivity contribution in [2.45, 2.75) is 6.10 Å². The fourth-order valence-corrected chi connectivity index (χ4v) is 1.51. The van der Waals surface area contributed by atoms with E-state index in [1.165, 1.54) is 11.3 Å². The molecule has 4 nitrogen and oxygen atoms in total. The van der Waals surface area contributed by atoms with Crippen LogP contribution in [-0.4, -0.2) is 12.4 Å². The summed E-state index contributed by atoms with van der Waals surface area (Å²) in [6.07, 6.45) is -1.05. The van der Waals surface area contributed by atoms with Gasteiger partial charge in [-0.15, -0.1) is 11.3 Å². The van der Waals surface area contributed by atoms with Gasteiger partial charge in [0.15, 0.2) is 0 Å². The summed E-state index contributed by atoms with van der Waals surface area (Å²) in [4.78, 5) is 21.2. The van der Waals surface area contributed by atoms with Crippen molar-refractivity contribution in [2.75, 3.05) is 0 Å². The van der Waals surface area contributed by atoms with E-state index in [0.717, 1.165) is 0 Å². The van der Waals surface area contributed by atoms with Crippen LogP contribution in [0.1, 0.15) is 11.0 Å². The molecule has 0 aliphatic heterocycles. The van der Waals surface area contributed by atoms with Crippen LogP contribution in [0.25, 0.3) is 0 Å². The summed E-state index contributed by atoms with van der Waals surface area (Å²) >= 11 is 1.27. The van der Waals surface area contributed by atoms with Crippen LogP contribution in [0.15, 0.2) is 17.5 Å². The highest BCUT2D eigenvalue weighted by atomic mass is 32.1. The molecule has 5 heteroatoms. The molecule has 1 heterocycles. The highest BCUT2D eigenvalue weighted by Gasteiger charge is 2.20. The molecule has 0 fully saturated rings. The molecule has 0 saturated carbocycles. The quantitative estimate of drug-likeness (QED) is 0.649. The van der Waals surface area contributed by atoms with E-state index >= 15 is 0 Å². The first-order valence-corrected chi connectivity index (χ1v) is 4.01. The number of ether oxygens (including phenoxy) is 1. The third-order valence-electron chi connectivity index (χ3n) is 1.23. The Bertz CT molecular complexity index is 270. The molecule has 0 aliphatic rings. The van der Waals surface area contributed by atoms with Crippen molar-refractivity contribution >= 4 is 23.7 Å². The molecule has 1 unspecified atom stereocenters. The van der Waals surface area contributed by atoms with Crippen molar-refractivity contribution in [3.8, 4) is 0 Å². The first-order chi connectivity index (χ1) is 5.75. The summed E-state index contributed by atoms with van der Waals surface area (Å²) in [6, 6.07) is 3.37. The largest absolute Gasteiger partial charge is 0.449 e. The number of hydrogen-bond acceptors (Lipinski definition) is 4. The lowest BCUT2D eigenvalue weighted by Gasteiger charge is -2.06. The number of rotatable bonds is 4. The van der Waals surface area contributed by atoms with E-state index in [-0.39, 0.29) is 6.47 Å². The Hall–Kier alpha value is -1.36. The van der Waals surface area contributed by atoms with Gasteiger partial charge < -0.3 is 4.74 Å². The molecule has 1 aromatic rings. The Morgan fingerprint density at radius 3 is 2.92 bits per heavy atom. The van der Waals surface area contributed by atoms with Gasteiger partial charge in [0.25, 0.3) is 12.4 Å². The average molecular weight is 184 g/mol. The summed E-state index contributed by atoms with van der Waals surface area (Å²) < 4.78 is 4.44. The summed E-state index contributed by atoms with van der Waals surface area (Å²) in [5.41, 5.74) is 6.80. The van der Waals surface area contributed by atoms with Crippen molar-refractivity contribution in [1.82, 2.24) is 5.73 Å². The lowest BCUT2D eigenvalue weighted by atomic mass is 10.3. The van der Waals surface area contributed by atoms with Crippen LogP contribution < -0.4 is 5.73 Å². The minimum absolute atomic E-state index is 0.177. The molecular formula is C7H6NO3S. The van der Waals surface area contributed by atoms with Gasteiger partial charge in [-0.2, -0.15) is 0 Å². The van der Waals surface area contributed by atoms with E-state index in [1.54, 1.807) is 17.5 Å². The minimum atomic E-state index is -1.05. The topological polar surface area (TPSA) is 67.2 Å². The fourth-order valence-electron chi connectivity index (χ4n) is 0.754. The Morgan fingerprint density at radius 1 is 1.75 bits per heavy atom. The van der Waals surface area contributed by atoms with E-state index in [9.17, 15) is 9.59 Å². The normalized spacial score (nSPS) is 12.0. The second-order valence-electron chi connectivity index (χ2n) is 1.99. The van der Waals surface area contributed by atoms with Crippen LogP contribution in [0.2, 0.25) is 0 Å². The van der Waals surface area contributed by atoms with Crippen LogP contribution >= 0.6 is 11.3 Å². The van der Waals surface area contributed by atoms with Gasteiger partial charge in [-0.05, 0) is 11.4 Å². The number of nitrogens with one attached hydrogen (secondary N) is 1. The summed E-state index contributed by atoms with van der Waals surface area (Å²) in [5.74, 6) is -0.912. The smallest absolute Gasteiger partial charge is 0.294 e. The molecule has 0 aliphatic carbocycles. The maximum absolute atomic E-state index is 10.6. The Labute approximate surface area is 72.9 Å². The van der Waals surface area contributed by atoms with Crippen molar-refractivity contribution in [1.29, 1.82) is 0 Å². The predicted octanol–water partition coefficient (Wildman–Crippen LogP) is 0.772. The maximum Gasteiger partial charge on any atom is 0.294 e. The standard InChI is InChI=1S/C7H6NO3S/c8-7(10)6(11-4-9)5-2-1-3-12-5/h1-4,6,8H. The fraction of sp³-hybridized carbons (Fsp3) is 0.143. The lowest BCUT2D eigenvalue weighted by Crippen LogP contribution is -2.14. The maximum atomic E-state index is 10.6. The van der Waals surface area contributed by atoms with Crippen LogP contribution in [0.5, 0.6) is 0 Å². The zero-order valence-electron chi connectivity index (χ0n) is 6.02. The highest BCUT2D eigenvalue weighted by molar-refractivity contribution is 7.10. The van der Waals surface area contributed by atoms with Gasteiger partial charge in [0.05, 0.1) is 4.88 Å². The highest BCUT2D eigenvalue weighted by Crippen LogP contribution is 2.21. The SMILES string of the molecule is [NH]C(=O)C(OC=O)c1cccs1. The molecule has 1 radical (unpaired) electrons. The van der Waals surface area contributed by atoms with E-state index < -0.39 is 12.0 Å². The first-order valence-electron chi connectivity index (χ1n) is 3.13. The number of carbonyl (C=O) groups excluding carboxylic acids is 2.